The van der Waals surface area contributed by atoms with Gasteiger partial charge >= 0.3 is 5.97 Å². The molecule has 14 heavy (non-hydrogen) atoms. The summed E-state index contributed by atoms with van der Waals surface area (Å²) in [6.07, 6.45) is 3.37. The first-order valence-corrected chi connectivity index (χ1v) is 4.45. The smallest absolute Gasteiger partial charge is 0.332 e. The Morgan fingerprint density at radius 2 is 2.14 bits per heavy atom. The third kappa shape index (κ3) is 4.00. The molecule has 0 N–H and O–H groups in total. The van der Waals surface area contributed by atoms with Crippen LogP contribution in [0, 0.1) is 0 Å². The van der Waals surface area contributed by atoms with Gasteiger partial charge in [-0.1, -0.05) is 0 Å². The van der Waals surface area contributed by atoms with Crippen LogP contribution in [-0.4, -0.2) is 24.2 Å². The molecule has 4 nitrogen and oxygen atoms in total. The molecule has 0 aliphatic heterocycles. The second kappa shape index (κ2) is 6.10. The molecule has 1 rings (SSSR count). The number of ether oxygens (including phenoxy) is 2. The lowest BCUT2D eigenvalue weighted by Crippen LogP contribution is -2.12. The van der Waals surface area contributed by atoms with Crippen LogP contribution in [0.4, 0.5) is 0 Å². The zero-order valence-electron chi connectivity index (χ0n) is 8.10. The molecular weight excluding hydrogens is 182 g/mol. The Balaban J connectivity index is 2.19. The molecule has 0 amide bonds. The van der Waals surface area contributed by atoms with Crippen molar-refractivity contribution >= 4 is 5.97 Å². The summed E-state index contributed by atoms with van der Waals surface area (Å²) < 4.78 is 9.84. The zero-order valence-corrected chi connectivity index (χ0v) is 8.10. The van der Waals surface area contributed by atoms with E-state index in [9.17, 15) is 4.79 Å². The summed E-state index contributed by atoms with van der Waals surface area (Å²) in [5, 5.41) is 0. The summed E-state index contributed by atoms with van der Waals surface area (Å²) >= 11 is 0. The zero-order chi connectivity index (χ0) is 10.2. The number of pyridine rings is 1. The average molecular weight is 195 g/mol. The van der Waals surface area contributed by atoms with Gasteiger partial charge in [0.05, 0.1) is 13.2 Å². The average Bonchev–Trinajstić information content (AvgIpc) is 2.20. The third-order valence-corrected chi connectivity index (χ3v) is 1.54. The fourth-order valence-electron chi connectivity index (χ4n) is 0.934. The van der Waals surface area contributed by atoms with Crippen molar-refractivity contribution < 1.29 is 14.3 Å². The summed E-state index contributed by atoms with van der Waals surface area (Å²) in [4.78, 5) is 14.7. The number of carbonyl (C=O) groups excluding carboxylic acids is 1. The highest BCUT2D eigenvalue weighted by Gasteiger charge is 2.00. The predicted molar refractivity (Wildman–Crippen MR) is 50.5 cm³/mol. The molecule has 0 fully saturated rings. The topological polar surface area (TPSA) is 48.4 Å². The standard InChI is InChI=1S/C10H13NO3/c1-2-14-10(12)8-13-7-9-3-5-11-6-4-9/h3-6H,2,7-8H2,1H3. The Morgan fingerprint density at radius 1 is 1.43 bits per heavy atom. The highest BCUT2D eigenvalue weighted by atomic mass is 16.6. The van der Waals surface area contributed by atoms with Gasteiger partial charge in [0.1, 0.15) is 6.61 Å². The van der Waals surface area contributed by atoms with Crippen molar-refractivity contribution in [1.82, 2.24) is 4.98 Å². The fourth-order valence-corrected chi connectivity index (χ4v) is 0.934. The van der Waals surface area contributed by atoms with Gasteiger partial charge in [0.2, 0.25) is 0 Å². The molecule has 0 aromatic carbocycles. The molecule has 0 aliphatic carbocycles. The van der Waals surface area contributed by atoms with E-state index in [1.54, 1.807) is 19.3 Å². The van der Waals surface area contributed by atoms with Crippen molar-refractivity contribution in [1.29, 1.82) is 0 Å². The number of rotatable bonds is 5. The van der Waals surface area contributed by atoms with Crippen molar-refractivity contribution in [3.05, 3.63) is 30.1 Å². The molecule has 0 saturated heterocycles. The van der Waals surface area contributed by atoms with Crippen LogP contribution in [0.1, 0.15) is 12.5 Å². The lowest BCUT2D eigenvalue weighted by Gasteiger charge is -2.03. The van der Waals surface area contributed by atoms with E-state index in [0.29, 0.717) is 13.2 Å². The lowest BCUT2D eigenvalue weighted by molar-refractivity contribution is -0.148. The van der Waals surface area contributed by atoms with Crippen molar-refractivity contribution in [2.24, 2.45) is 0 Å². The molecule has 0 aliphatic rings. The lowest BCUT2D eigenvalue weighted by atomic mass is 10.3. The Bertz CT molecular complexity index is 274. The monoisotopic (exact) mass is 195 g/mol. The van der Waals surface area contributed by atoms with E-state index in [4.69, 9.17) is 9.47 Å². The first kappa shape index (κ1) is 10.7. The Hall–Kier alpha value is -1.42. The highest BCUT2D eigenvalue weighted by molar-refractivity contribution is 5.70. The van der Waals surface area contributed by atoms with Gasteiger partial charge in [0, 0.05) is 12.4 Å². The molecule has 4 heteroatoms. The largest absolute Gasteiger partial charge is 0.464 e. The number of esters is 1. The maximum atomic E-state index is 10.9. The third-order valence-electron chi connectivity index (χ3n) is 1.54. The van der Waals surface area contributed by atoms with Crippen molar-refractivity contribution in [3.8, 4) is 0 Å². The van der Waals surface area contributed by atoms with Crippen LogP contribution in [-0.2, 0) is 20.9 Å². The minimum absolute atomic E-state index is 0.00381. The summed E-state index contributed by atoms with van der Waals surface area (Å²) in [5.41, 5.74) is 0.990. The van der Waals surface area contributed by atoms with Gasteiger partial charge in [0.15, 0.2) is 0 Å². The second-order valence-electron chi connectivity index (χ2n) is 2.65. The minimum Gasteiger partial charge on any atom is -0.464 e. The predicted octanol–water partition coefficient (Wildman–Crippen LogP) is 1.16. The van der Waals surface area contributed by atoms with E-state index < -0.39 is 0 Å². The van der Waals surface area contributed by atoms with Gasteiger partial charge in [-0.2, -0.15) is 0 Å². The Labute approximate surface area is 82.9 Å². The van der Waals surface area contributed by atoms with Crippen molar-refractivity contribution in [3.63, 3.8) is 0 Å². The summed E-state index contributed by atoms with van der Waals surface area (Å²) in [5.74, 6) is -0.332. The number of hydrogen-bond donors (Lipinski definition) is 0. The molecule has 0 atom stereocenters. The van der Waals surface area contributed by atoms with Crippen LogP contribution >= 0.6 is 0 Å². The van der Waals surface area contributed by atoms with Crippen LogP contribution in [0.25, 0.3) is 0 Å². The molecule has 0 spiro atoms. The minimum atomic E-state index is -0.332. The summed E-state index contributed by atoms with van der Waals surface area (Å²) in [6, 6.07) is 3.68. The van der Waals surface area contributed by atoms with Gasteiger partial charge in [-0.25, -0.2) is 4.79 Å². The quantitative estimate of drug-likeness (QED) is 0.661. The normalized spacial score (nSPS) is 9.79. The molecule has 76 valence electrons. The van der Waals surface area contributed by atoms with E-state index in [1.165, 1.54) is 0 Å². The summed E-state index contributed by atoms with van der Waals surface area (Å²) in [6.45, 7) is 2.55. The van der Waals surface area contributed by atoms with Gasteiger partial charge < -0.3 is 9.47 Å². The number of hydrogen-bond acceptors (Lipinski definition) is 4. The van der Waals surface area contributed by atoms with Crippen LogP contribution < -0.4 is 0 Å². The molecule has 0 bridgehead atoms. The van der Waals surface area contributed by atoms with E-state index >= 15 is 0 Å². The van der Waals surface area contributed by atoms with Gasteiger partial charge in [-0.05, 0) is 24.6 Å². The fraction of sp³-hybridized carbons (Fsp3) is 0.400. The second-order valence-corrected chi connectivity index (χ2v) is 2.65. The highest BCUT2D eigenvalue weighted by Crippen LogP contribution is 1.98. The molecule has 1 aromatic rings. The number of carbonyl (C=O) groups is 1. The van der Waals surface area contributed by atoms with Crippen LogP contribution in [0.5, 0.6) is 0 Å². The molecular formula is C10H13NO3. The Morgan fingerprint density at radius 3 is 2.79 bits per heavy atom. The molecule has 0 radical (unpaired) electrons. The van der Waals surface area contributed by atoms with E-state index in [0.717, 1.165) is 5.56 Å². The molecule has 0 saturated carbocycles. The van der Waals surface area contributed by atoms with Crippen LogP contribution in [0.2, 0.25) is 0 Å². The van der Waals surface area contributed by atoms with Crippen LogP contribution in [0.15, 0.2) is 24.5 Å². The van der Waals surface area contributed by atoms with E-state index in [-0.39, 0.29) is 12.6 Å². The first-order valence-electron chi connectivity index (χ1n) is 4.45. The van der Waals surface area contributed by atoms with Gasteiger partial charge in [-0.15, -0.1) is 0 Å². The molecule has 0 unspecified atom stereocenters. The summed E-state index contributed by atoms with van der Waals surface area (Å²) in [7, 11) is 0. The molecule has 1 heterocycles. The van der Waals surface area contributed by atoms with Gasteiger partial charge in [-0.3, -0.25) is 4.98 Å². The molecule has 1 aromatic heterocycles. The number of nitrogens with zero attached hydrogens (tertiary/aromatic N) is 1. The van der Waals surface area contributed by atoms with Gasteiger partial charge in [0.25, 0.3) is 0 Å². The Kier molecular flexibility index (Phi) is 4.64. The van der Waals surface area contributed by atoms with Crippen molar-refractivity contribution in [2.45, 2.75) is 13.5 Å². The number of aromatic nitrogens is 1. The maximum absolute atomic E-state index is 10.9. The maximum Gasteiger partial charge on any atom is 0.332 e. The van der Waals surface area contributed by atoms with Crippen LogP contribution in [0.3, 0.4) is 0 Å². The van der Waals surface area contributed by atoms with E-state index in [2.05, 4.69) is 4.98 Å². The SMILES string of the molecule is CCOC(=O)COCc1ccncc1. The van der Waals surface area contributed by atoms with E-state index in [1.807, 2.05) is 12.1 Å². The van der Waals surface area contributed by atoms with Crippen molar-refractivity contribution in [2.75, 3.05) is 13.2 Å². The first-order chi connectivity index (χ1) is 6.83.